The molecule has 0 spiro atoms. The molecule has 0 unspecified atom stereocenters. The molecule has 2 rings (SSSR count). The van der Waals surface area contributed by atoms with Crippen molar-refractivity contribution in [3.63, 3.8) is 0 Å². The number of nitrogens with zero attached hydrogens (tertiary/aromatic N) is 1. The van der Waals surface area contributed by atoms with Crippen LogP contribution < -0.4 is 4.74 Å². The van der Waals surface area contributed by atoms with E-state index >= 15 is 0 Å². The molecule has 1 aliphatic carbocycles. The SMILES string of the molecule is O=Cc1ncc(Cl)cc1OC1CC1. The van der Waals surface area contributed by atoms with Crippen LogP contribution in [0.2, 0.25) is 5.02 Å². The number of aromatic nitrogens is 1. The molecule has 0 saturated heterocycles. The van der Waals surface area contributed by atoms with E-state index in [0.29, 0.717) is 22.8 Å². The molecule has 1 aromatic rings. The number of hydrogen-bond acceptors (Lipinski definition) is 3. The zero-order valence-corrected chi connectivity index (χ0v) is 7.62. The van der Waals surface area contributed by atoms with Gasteiger partial charge in [0.2, 0.25) is 0 Å². The van der Waals surface area contributed by atoms with E-state index < -0.39 is 0 Å². The number of carbonyl (C=O) groups is 1. The van der Waals surface area contributed by atoms with Crippen LogP contribution >= 0.6 is 11.6 Å². The molecule has 1 fully saturated rings. The second-order valence-corrected chi connectivity index (χ2v) is 3.41. The van der Waals surface area contributed by atoms with Crippen molar-refractivity contribution in [1.29, 1.82) is 0 Å². The van der Waals surface area contributed by atoms with Crippen molar-refractivity contribution in [1.82, 2.24) is 4.98 Å². The van der Waals surface area contributed by atoms with Crippen molar-refractivity contribution in [2.75, 3.05) is 0 Å². The highest BCUT2D eigenvalue weighted by Crippen LogP contribution is 2.29. The Balaban J connectivity index is 2.27. The molecule has 0 radical (unpaired) electrons. The number of halogens is 1. The summed E-state index contributed by atoms with van der Waals surface area (Å²) in [6, 6.07) is 1.62. The highest BCUT2D eigenvalue weighted by atomic mass is 35.5. The monoisotopic (exact) mass is 197 g/mol. The third kappa shape index (κ3) is 1.98. The first-order chi connectivity index (χ1) is 6.29. The molecule has 4 heteroatoms. The third-order valence-electron chi connectivity index (χ3n) is 1.78. The number of hydrogen-bond donors (Lipinski definition) is 0. The summed E-state index contributed by atoms with van der Waals surface area (Å²) >= 11 is 5.72. The minimum Gasteiger partial charge on any atom is -0.488 e. The molecule has 0 bridgehead atoms. The summed E-state index contributed by atoms with van der Waals surface area (Å²) in [6.45, 7) is 0. The summed E-state index contributed by atoms with van der Waals surface area (Å²) in [6.07, 6.45) is 4.45. The minimum absolute atomic E-state index is 0.249. The highest BCUT2D eigenvalue weighted by Gasteiger charge is 2.24. The highest BCUT2D eigenvalue weighted by molar-refractivity contribution is 6.30. The summed E-state index contributed by atoms with van der Waals surface area (Å²) < 4.78 is 5.45. The number of ether oxygens (including phenoxy) is 1. The maximum atomic E-state index is 10.6. The average Bonchev–Trinajstić information content (AvgIpc) is 2.89. The van der Waals surface area contributed by atoms with Gasteiger partial charge in [0.05, 0.1) is 11.1 Å². The molecule has 0 aromatic carbocycles. The fourth-order valence-electron chi connectivity index (χ4n) is 0.980. The Labute approximate surface area is 80.7 Å². The fourth-order valence-corrected chi connectivity index (χ4v) is 1.13. The van der Waals surface area contributed by atoms with Crippen LogP contribution in [0.3, 0.4) is 0 Å². The molecular weight excluding hydrogens is 190 g/mol. The van der Waals surface area contributed by atoms with Gasteiger partial charge in [-0.2, -0.15) is 0 Å². The van der Waals surface area contributed by atoms with Crippen LogP contribution in [0, 0.1) is 0 Å². The summed E-state index contributed by atoms with van der Waals surface area (Å²) in [4.78, 5) is 14.4. The van der Waals surface area contributed by atoms with Crippen molar-refractivity contribution in [3.8, 4) is 5.75 Å². The van der Waals surface area contributed by atoms with Crippen molar-refractivity contribution in [2.24, 2.45) is 0 Å². The minimum atomic E-state index is 0.249. The van der Waals surface area contributed by atoms with Gasteiger partial charge < -0.3 is 4.74 Å². The molecule has 1 aromatic heterocycles. The number of aldehydes is 1. The molecular formula is C9H8ClNO2. The molecule has 13 heavy (non-hydrogen) atoms. The van der Waals surface area contributed by atoms with Crippen molar-refractivity contribution in [3.05, 3.63) is 23.0 Å². The smallest absolute Gasteiger partial charge is 0.172 e. The molecule has 0 aliphatic heterocycles. The van der Waals surface area contributed by atoms with E-state index in [9.17, 15) is 4.79 Å². The topological polar surface area (TPSA) is 39.2 Å². The molecule has 1 heterocycles. The van der Waals surface area contributed by atoms with Crippen LogP contribution in [0.25, 0.3) is 0 Å². The largest absolute Gasteiger partial charge is 0.488 e. The predicted molar refractivity (Wildman–Crippen MR) is 48.3 cm³/mol. The summed E-state index contributed by atoms with van der Waals surface area (Å²) in [5.74, 6) is 0.491. The molecule has 0 atom stereocenters. The maximum Gasteiger partial charge on any atom is 0.172 e. The molecule has 1 saturated carbocycles. The second kappa shape index (κ2) is 3.34. The Hall–Kier alpha value is -1.09. The van der Waals surface area contributed by atoms with E-state index in [0.717, 1.165) is 12.8 Å². The van der Waals surface area contributed by atoms with E-state index in [1.54, 1.807) is 6.07 Å². The Bertz CT molecular complexity index is 336. The van der Waals surface area contributed by atoms with Gasteiger partial charge in [-0.25, -0.2) is 4.98 Å². The van der Waals surface area contributed by atoms with Gasteiger partial charge in [0.15, 0.2) is 6.29 Å². The van der Waals surface area contributed by atoms with E-state index in [4.69, 9.17) is 16.3 Å². The third-order valence-corrected chi connectivity index (χ3v) is 1.98. The van der Waals surface area contributed by atoms with Gasteiger partial charge in [-0.3, -0.25) is 4.79 Å². The van der Waals surface area contributed by atoms with Gasteiger partial charge in [-0.05, 0) is 12.8 Å². The van der Waals surface area contributed by atoms with Crippen LogP contribution in [0.1, 0.15) is 23.3 Å². The quantitative estimate of drug-likeness (QED) is 0.697. The van der Waals surface area contributed by atoms with Crippen LogP contribution in [-0.2, 0) is 0 Å². The lowest BCUT2D eigenvalue weighted by atomic mass is 10.3. The zero-order chi connectivity index (χ0) is 9.26. The van der Waals surface area contributed by atoms with Crippen LogP contribution in [0.4, 0.5) is 0 Å². The van der Waals surface area contributed by atoms with Crippen LogP contribution in [0.15, 0.2) is 12.3 Å². The molecule has 0 amide bonds. The van der Waals surface area contributed by atoms with Gasteiger partial charge in [0.25, 0.3) is 0 Å². The summed E-state index contributed by atoms with van der Waals surface area (Å²) in [5, 5.41) is 0.487. The fraction of sp³-hybridized carbons (Fsp3) is 0.333. The zero-order valence-electron chi connectivity index (χ0n) is 6.87. The number of rotatable bonds is 3. The lowest BCUT2D eigenvalue weighted by Crippen LogP contribution is -2.00. The number of pyridine rings is 1. The van der Waals surface area contributed by atoms with Crippen LogP contribution in [-0.4, -0.2) is 17.4 Å². The lowest BCUT2D eigenvalue weighted by molar-refractivity contribution is 0.111. The van der Waals surface area contributed by atoms with E-state index in [-0.39, 0.29) is 6.10 Å². The van der Waals surface area contributed by atoms with Crippen LogP contribution in [0.5, 0.6) is 5.75 Å². The first kappa shape index (κ1) is 8.51. The lowest BCUT2D eigenvalue weighted by Gasteiger charge is -2.05. The Morgan fingerprint density at radius 2 is 2.38 bits per heavy atom. The standard InChI is InChI=1S/C9H8ClNO2/c10-6-3-9(13-7-1-2-7)8(5-12)11-4-6/h3-5,7H,1-2H2. The molecule has 1 aliphatic rings. The second-order valence-electron chi connectivity index (χ2n) is 2.97. The van der Waals surface area contributed by atoms with Crippen molar-refractivity contribution >= 4 is 17.9 Å². The van der Waals surface area contributed by atoms with Crippen molar-refractivity contribution in [2.45, 2.75) is 18.9 Å². The molecule has 68 valence electrons. The van der Waals surface area contributed by atoms with Gasteiger partial charge >= 0.3 is 0 Å². The Morgan fingerprint density at radius 3 is 3.00 bits per heavy atom. The Kier molecular flexibility index (Phi) is 2.19. The first-order valence-electron chi connectivity index (χ1n) is 4.07. The van der Waals surface area contributed by atoms with Gasteiger partial charge in [0.1, 0.15) is 11.4 Å². The van der Waals surface area contributed by atoms with E-state index in [2.05, 4.69) is 4.98 Å². The van der Waals surface area contributed by atoms with Gasteiger partial charge in [-0.15, -0.1) is 0 Å². The van der Waals surface area contributed by atoms with Gasteiger partial charge in [0, 0.05) is 12.3 Å². The van der Waals surface area contributed by atoms with E-state index in [1.807, 2.05) is 0 Å². The predicted octanol–water partition coefficient (Wildman–Crippen LogP) is 2.09. The molecule has 0 N–H and O–H groups in total. The summed E-state index contributed by atoms with van der Waals surface area (Å²) in [5.41, 5.74) is 0.316. The van der Waals surface area contributed by atoms with Crippen molar-refractivity contribution < 1.29 is 9.53 Å². The van der Waals surface area contributed by atoms with Gasteiger partial charge in [-0.1, -0.05) is 11.6 Å². The number of carbonyl (C=O) groups excluding carboxylic acids is 1. The first-order valence-corrected chi connectivity index (χ1v) is 4.45. The maximum absolute atomic E-state index is 10.6. The van der Waals surface area contributed by atoms with E-state index in [1.165, 1.54) is 6.20 Å². The molecule has 3 nitrogen and oxygen atoms in total. The summed E-state index contributed by atoms with van der Waals surface area (Å²) in [7, 11) is 0. The normalized spacial score (nSPS) is 15.5. The Morgan fingerprint density at radius 1 is 1.62 bits per heavy atom. The average molecular weight is 198 g/mol.